The second-order valence-electron chi connectivity index (χ2n) is 5.55. The van der Waals surface area contributed by atoms with E-state index in [4.69, 9.17) is 4.74 Å². The third kappa shape index (κ3) is 3.49. The number of benzene rings is 1. The molecule has 2 rings (SSSR count). The summed E-state index contributed by atoms with van der Waals surface area (Å²) in [6, 6.07) is 6.19. The largest absolute Gasteiger partial charge is 0.491 e. The van der Waals surface area contributed by atoms with Gasteiger partial charge >= 0.3 is 0 Å². The molecule has 18 heavy (non-hydrogen) atoms. The van der Waals surface area contributed by atoms with Crippen LogP contribution < -0.4 is 4.74 Å². The van der Waals surface area contributed by atoms with Crippen LogP contribution in [-0.2, 0) is 0 Å². The average Bonchev–Trinajstić information content (AvgIpc) is 2.40. The zero-order valence-electron chi connectivity index (χ0n) is 11.5. The molecule has 0 aliphatic heterocycles. The number of ether oxygens (including phenoxy) is 1. The van der Waals surface area contributed by atoms with Crippen LogP contribution in [0.25, 0.3) is 0 Å². The summed E-state index contributed by atoms with van der Waals surface area (Å²) >= 11 is 0. The Balaban J connectivity index is 1.88. The van der Waals surface area contributed by atoms with Crippen molar-refractivity contribution < 1.29 is 9.84 Å². The van der Waals surface area contributed by atoms with Crippen molar-refractivity contribution in [2.24, 2.45) is 5.92 Å². The molecule has 2 heteroatoms. The molecule has 0 heterocycles. The predicted octanol–water partition coefficient (Wildman–Crippen LogP) is 3.62. The Morgan fingerprint density at radius 2 is 1.94 bits per heavy atom. The van der Waals surface area contributed by atoms with Gasteiger partial charge in [0, 0.05) is 0 Å². The molecule has 0 bridgehead atoms. The van der Waals surface area contributed by atoms with Gasteiger partial charge in [-0.2, -0.15) is 0 Å². The average molecular weight is 248 g/mol. The fourth-order valence-corrected chi connectivity index (χ4v) is 2.69. The van der Waals surface area contributed by atoms with E-state index in [0.717, 1.165) is 24.2 Å². The maximum Gasteiger partial charge on any atom is 0.122 e. The molecule has 0 spiro atoms. The molecule has 1 aliphatic rings. The molecule has 1 aromatic rings. The second-order valence-corrected chi connectivity index (χ2v) is 5.55. The molecule has 1 atom stereocenters. The first-order valence-corrected chi connectivity index (χ1v) is 7.05. The minimum Gasteiger partial charge on any atom is -0.491 e. The van der Waals surface area contributed by atoms with Gasteiger partial charge in [0.05, 0.1) is 6.10 Å². The van der Waals surface area contributed by atoms with E-state index in [1.807, 2.05) is 13.0 Å². The summed E-state index contributed by atoms with van der Waals surface area (Å²) in [5.74, 6) is 1.34. The monoisotopic (exact) mass is 248 g/mol. The Bertz CT molecular complexity index is 381. The standard InChI is InChI=1S/C16H24O2/c1-12-8-9-13(2)16(10-12)18-11-15(17)14-6-4-3-5-7-14/h8-10,14-15,17H,3-7,11H2,1-2H3. The van der Waals surface area contributed by atoms with E-state index >= 15 is 0 Å². The van der Waals surface area contributed by atoms with Crippen molar-refractivity contribution in [3.8, 4) is 5.75 Å². The summed E-state index contributed by atoms with van der Waals surface area (Å²) in [5, 5.41) is 10.2. The van der Waals surface area contributed by atoms with Crippen LogP contribution in [-0.4, -0.2) is 17.8 Å². The number of aryl methyl sites for hydroxylation is 2. The van der Waals surface area contributed by atoms with Crippen LogP contribution in [0.4, 0.5) is 0 Å². The van der Waals surface area contributed by atoms with Gasteiger partial charge in [-0.3, -0.25) is 0 Å². The number of aliphatic hydroxyl groups is 1. The number of aliphatic hydroxyl groups excluding tert-OH is 1. The lowest BCUT2D eigenvalue weighted by molar-refractivity contribution is 0.0411. The lowest BCUT2D eigenvalue weighted by atomic mass is 9.85. The molecule has 1 saturated carbocycles. The SMILES string of the molecule is Cc1ccc(C)c(OCC(O)C2CCCCC2)c1. The fourth-order valence-electron chi connectivity index (χ4n) is 2.69. The van der Waals surface area contributed by atoms with Crippen LogP contribution in [0.1, 0.15) is 43.2 Å². The molecule has 1 fully saturated rings. The lowest BCUT2D eigenvalue weighted by Gasteiger charge is -2.26. The van der Waals surface area contributed by atoms with E-state index in [1.54, 1.807) is 0 Å². The Hall–Kier alpha value is -1.02. The zero-order chi connectivity index (χ0) is 13.0. The van der Waals surface area contributed by atoms with Crippen molar-refractivity contribution in [1.82, 2.24) is 0 Å². The molecule has 1 aliphatic carbocycles. The Labute approximate surface area is 110 Å². The highest BCUT2D eigenvalue weighted by molar-refractivity contribution is 5.35. The van der Waals surface area contributed by atoms with Crippen LogP contribution in [0, 0.1) is 19.8 Å². The van der Waals surface area contributed by atoms with Gasteiger partial charge in [0.25, 0.3) is 0 Å². The first-order chi connectivity index (χ1) is 8.66. The molecule has 0 aromatic heterocycles. The molecule has 1 aromatic carbocycles. The third-order valence-electron chi connectivity index (χ3n) is 3.95. The van der Waals surface area contributed by atoms with Gasteiger partial charge in [-0.25, -0.2) is 0 Å². The van der Waals surface area contributed by atoms with Crippen molar-refractivity contribution in [3.05, 3.63) is 29.3 Å². The van der Waals surface area contributed by atoms with Crippen molar-refractivity contribution in [2.75, 3.05) is 6.61 Å². The van der Waals surface area contributed by atoms with Gasteiger partial charge in [-0.15, -0.1) is 0 Å². The highest BCUT2D eigenvalue weighted by Gasteiger charge is 2.22. The van der Waals surface area contributed by atoms with Crippen molar-refractivity contribution in [1.29, 1.82) is 0 Å². The molecule has 100 valence electrons. The van der Waals surface area contributed by atoms with E-state index in [1.165, 1.54) is 24.8 Å². The van der Waals surface area contributed by atoms with Crippen LogP contribution in [0.15, 0.2) is 18.2 Å². The number of hydrogen-bond acceptors (Lipinski definition) is 2. The minimum atomic E-state index is -0.315. The maximum absolute atomic E-state index is 10.2. The summed E-state index contributed by atoms with van der Waals surface area (Å²) in [4.78, 5) is 0. The summed E-state index contributed by atoms with van der Waals surface area (Å²) in [7, 11) is 0. The van der Waals surface area contributed by atoms with E-state index < -0.39 is 0 Å². The normalized spacial score (nSPS) is 18.6. The first-order valence-electron chi connectivity index (χ1n) is 7.05. The van der Waals surface area contributed by atoms with E-state index in [9.17, 15) is 5.11 Å². The van der Waals surface area contributed by atoms with Crippen molar-refractivity contribution >= 4 is 0 Å². The minimum absolute atomic E-state index is 0.315. The third-order valence-corrected chi connectivity index (χ3v) is 3.95. The van der Waals surface area contributed by atoms with Crippen LogP contribution in [0.3, 0.4) is 0 Å². The first kappa shape index (κ1) is 13.4. The van der Waals surface area contributed by atoms with Crippen molar-refractivity contribution in [3.63, 3.8) is 0 Å². The molecule has 0 saturated heterocycles. The quantitative estimate of drug-likeness (QED) is 0.881. The van der Waals surface area contributed by atoms with Gasteiger partial charge in [0.15, 0.2) is 0 Å². The van der Waals surface area contributed by atoms with Gasteiger partial charge in [0.1, 0.15) is 12.4 Å². The van der Waals surface area contributed by atoms with Crippen molar-refractivity contribution in [2.45, 2.75) is 52.1 Å². The molecular formula is C16H24O2. The van der Waals surface area contributed by atoms with Gasteiger partial charge in [0.2, 0.25) is 0 Å². The molecule has 0 radical (unpaired) electrons. The molecular weight excluding hydrogens is 224 g/mol. The Morgan fingerprint density at radius 1 is 1.22 bits per heavy atom. The fraction of sp³-hybridized carbons (Fsp3) is 0.625. The van der Waals surface area contributed by atoms with E-state index in [-0.39, 0.29) is 6.10 Å². The lowest BCUT2D eigenvalue weighted by Crippen LogP contribution is -2.29. The highest BCUT2D eigenvalue weighted by atomic mass is 16.5. The predicted molar refractivity (Wildman–Crippen MR) is 74.0 cm³/mol. The number of hydrogen-bond donors (Lipinski definition) is 1. The zero-order valence-corrected chi connectivity index (χ0v) is 11.5. The molecule has 1 N–H and O–H groups in total. The summed E-state index contributed by atoms with van der Waals surface area (Å²) in [6.07, 6.45) is 5.82. The van der Waals surface area contributed by atoms with Crippen LogP contribution >= 0.6 is 0 Å². The van der Waals surface area contributed by atoms with Gasteiger partial charge in [-0.05, 0) is 49.8 Å². The summed E-state index contributed by atoms with van der Waals surface area (Å²) in [5.41, 5.74) is 2.33. The van der Waals surface area contributed by atoms with E-state index in [0.29, 0.717) is 12.5 Å². The molecule has 1 unspecified atom stereocenters. The second kappa shape index (κ2) is 6.24. The Morgan fingerprint density at radius 3 is 2.67 bits per heavy atom. The van der Waals surface area contributed by atoms with Gasteiger partial charge < -0.3 is 9.84 Å². The molecule has 2 nitrogen and oxygen atoms in total. The maximum atomic E-state index is 10.2. The smallest absolute Gasteiger partial charge is 0.122 e. The molecule has 0 amide bonds. The summed E-state index contributed by atoms with van der Waals surface area (Å²) in [6.45, 7) is 4.53. The van der Waals surface area contributed by atoms with Crippen LogP contribution in [0.2, 0.25) is 0 Å². The van der Waals surface area contributed by atoms with Gasteiger partial charge in [-0.1, -0.05) is 31.4 Å². The number of rotatable bonds is 4. The Kier molecular flexibility index (Phi) is 4.65. The van der Waals surface area contributed by atoms with E-state index in [2.05, 4.69) is 19.1 Å². The highest BCUT2D eigenvalue weighted by Crippen LogP contribution is 2.27. The van der Waals surface area contributed by atoms with Crippen LogP contribution in [0.5, 0.6) is 5.75 Å². The summed E-state index contributed by atoms with van der Waals surface area (Å²) < 4.78 is 5.78. The topological polar surface area (TPSA) is 29.5 Å².